The number of alkyl halides is 3. The summed E-state index contributed by atoms with van der Waals surface area (Å²) in [5.41, 5.74) is -1.28. The van der Waals surface area contributed by atoms with Gasteiger partial charge in [0, 0.05) is 25.0 Å². The zero-order valence-corrected chi connectivity index (χ0v) is 19.1. The summed E-state index contributed by atoms with van der Waals surface area (Å²) in [5, 5.41) is 4.31. The molecule has 0 atom stereocenters. The first-order chi connectivity index (χ1) is 12.0. The monoisotopic (exact) mass is 519 g/mol. The molecular weight excluding hydrogens is 494 g/mol. The van der Waals surface area contributed by atoms with Crippen LogP contribution in [0.15, 0.2) is 10.4 Å². The Bertz CT molecular complexity index is 690. The number of amides is 1. The van der Waals surface area contributed by atoms with E-state index in [1.165, 1.54) is 0 Å². The number of hydrogen-bond acceptors (Lipinski definition) is 4. The number of hydrogen-bond donors (Lipinski definition) is 1. The number of halogens is 4. The number of guanidine groups is 1. The highest BCUT2D eigenvalue weighted by atomic mass is 127. The number of thiazole rings is 1. The fraction of sp³-hybridized carbons (Fsp3) is 0.688. The maximum Gasteiger partial charge on any atom is 0.434 e. The third-order valence-corrected chi connectivity index (χ3v) is 4.94. The molecule has 1 saturated heterocycles. The normalized spacial score (nSPS) is 18.0. The van der Waals surface area contributed by atoms with Crippen LogP contribution >= 0.6 is 35.3 Å². The zero-order valence-electron chi connectivity index (χ0n) is 15.9. The number of rotatable bonds is 3. The summed E-state index contributed by atoms with van der Waals surface area (Å²) in [5.74, 6) is 0.464. The van der Waals surface area contributed by atoms with Crippen molar-refractivity contribution < 1.29 is 18.0 Å². The van der Waals surface area contributed by atoms with E-state index in [0.717, 1.165) is 16.7 Å². The van der Waals surface area contributed by atoms with Crippen molar-refractivity contribution in [2.45, 2.75) is 52.0 Å². The second-order valence-electron chi connectivity index (χ2n) is 7.05. The zero-order chi connectivity index (χ0) is 19.7. The van der Waals surface area contributed by atoms with Crippen LogP contribution in [0.25, 0.3) is 0 Å². The van der Waals surface area contributed by atoms with Gasteiger partial charge in [0.25, 0.3) is 0 Å². The third kappa shape index (κ3) is 5.69. The van der Waals surface area contributed by atoms with E-state index in [4.69, 9.17) is 0 Å². The van der Waals surface area contributed by atoms with Gasteiger partial charge in [-0.15, -0.1) is 35.3 Å². The molecule has 2 heterocycles. The second kappa shape index (κ2) is 8.93. The number of aliphatic imine (C=N–C) groups is 1. The first-order valence-corrected chi connectivity index (χ1v) is 9.13. The molecule has 1 aliphatic heterocycles. The molecule has 0 radical (unpaired) electrons. The van der Waals surface area contributed by atoms with Crippen LogP contribution in [-0.4, -0.2) is 58.4 Å². The Labute approximate surface area is 178 Å². The van der Waals surface area contributed by atoms with Gasteiger partial charge >= 0.3 is 6.18 Å². The van der Waals surface area contributed by atoms with Gasteiger partial charge in [-0.3, -0.25) is 9.79 Å². The van der Waals surface area contributed by atoms with E-state index >= 15 is 0 Å². The summed E-state index contributed by atoms with van der Waals surface area (Å²) in [7, 11) is 1.58. The van der Waals surface area contributed by atoms with Crippen LogP contribution in [0.1, 0.15) is 38.4 Å². The van der Waals surface area contributed by atoms with Crippen LogP contribution in [0.2, 0.25) is 0 Å². The van der Waals surface area contributed by atoms with Crippen LogP contribution < -0.4 is 5.32 Å². The molecular formula is C16H25F3IN5OS. The van der Waals surface area contributed by atoms with Crippen LogP contribution in [0.5, 0.6) is 0 Å². The molecule has 1 aromatic rings. The minimum atomic E-state index is -4.44. The minimum absolute atomic E-state index is 0. The Morgan fingerprint density at radius 2 is 2.07 bits per heavy atom. The third-order valence-electron chi connectivity index (χ3n) is 4.09. The molecule has 0 aromatic carbocycles. The van der Waals surface area contributed by atoms with Gasteiger partial charge < -0.3 is 15.1 Å². The summed E-state index contributed by atoms with van der Waals surface area (Å²) >= 11 is 0.938. The smallest absolute Gasteiger partial charge is 0.350 e. The molecule has 2 rings (SSSR count). The molecule has 1 amide bonds. The Hall–Kier alpha value is -1.11. The summed E-state index contributed by atoms with van der Waals surface area (Å²) in [4.78, 5) is 24.0. The highest BCUT2D eigenvalue weighted by Gasteiger charge is 2.40. The molecule has 1 aromatic heterocycles. The van der Waals surface area contributed by atoms with Crippen molar-refractivity contribution in [3.63, 3.8) is 0 Å². The van der Waals surface area contributed by atoms with Gasteiger partial charge in [0.05, 0.1) is 18.6 Å². The van der Waals surface area contributed by atoms with Crippen molar-refractivity contribution in [3.8, 4) is 0 Å². The number of carbonyl (C=O) groups is 1. The lowest BCUT2D eigenvalue weighted by molar-refractivity contribution is -0.145. The molecule has 11 heteroatoms. The van der Waals surface area contributed by atoms with Gasteiger partial charge in [0.2, 0.25) is 5.91 Å². The highest BCUT2D eigenvalue weighted by molar-refractivity contribution is 14.0. The van der Waals surface area contributed by atoms with Gasteiger partial charge in [0.1, 0.15) is 5.01 Å². The topological polar surface area (TPSA) is 60.8 Å². The summed E-state index contributed by atoms with van der Waals surface area (Å²) < 4.78 is 37.9. The van der Waals surface area contributed by atoms with Crippen molar-refractivity contribution in [3.05, 3.63) is 16.1 Å². The lowest BCUT2D eigenvalue weighted by atomic mass is 9.96. The number of carbonyl (C=O) groups excluding carboxylic acids is 1. The number of aromatic nitrogens is 1. The lowest BCUT2D eigenvalue weighted by Crippen LogP contribution is -2.66. The van der Waals surface area contributed by atoms with Crippen molar-refractivity contribution in [1.29, 1.82) is 0 Å². The van der Waals surface area contributed by atoms with Gasteiger partial charge in [-0.2, -0.15) is 13.2 Å². The maximum absolute atomic E-state index is 12.6. The van der Waals surface area contributed by atoms with Crippen molar-refractivity contribution >= 4 is 47.2 Å². The first-order valence-electron chi connectivity index (χ1n) is 8.25. The van der Waals surface area contributed by atoms with E-state index in [9.17, 15) is 18.0 Å². The Kier molecular flexibility index (Phi) is 7.91. The summed E-state index contributed by atoms with van der Waals surface area (Å²) in [6.45, 7) is 8.79. The minimum Gasteiger partial charge on any atom is -0.350 e. The van der Waals surface area contributed by atoms with E-state index in [2.05, 4.69) is 15.3 Å². The molecule has 0 saturated carbocycles. The predicted octanol–water partition coefficient (Wildman–Crippen LogP) is 3.19. The average Bonchev–Trinajstić information content (AvgIpc) is 2.94. The molecule has 6 nitrogen and oxygen atoms in total. The standard InChI is InChI=1S/C16H24F3N5OS.HI/c1-10(2)24-13(25)7-23(9-15(24,3)4)14(20-5)21-6-12-22-11(8-26-12)16(17,18)19;/h8,10H,6-7,9H2,1-5H3,(H,20,21);1H. The Morgan fingerprint density at radius 1 is 1.44 bits per heavy atom. The largest absolute Gasteiger partial charge is 0.434 e. The van der Waals surface area contributed by atoms with Crippen molar-refractivity contribution in [2.75, 3.05) is 20.1 Å². The molecule has 1 aliphatic rings. The molecule has 1 fully saturated rings. The molecule has 0 bridgehead atoms. The fourth-order valence-electron chi connectivity index (χ4n) is 3.32. The fourth-order valence-corrected chi connectivity index (χ4v) is 4.06. The molecule has 1 N–H and O–H groups in total. The molecule has 0 aliphatic carbocycles. The van der Waals surface area contributed by atoms with Crippen LogP contribution in [0.3, 0.4) is 0 Å². The number of nitrogens with zero attached hydrogens (tertiary/aromatic N) is 4. The molecule has 0 unspecified atom stereocenters. The summed E-state index contributed by atoms with van der Waals surface area (Å²) in [6, 6.07) is 0.0886. The SMILES string of the molecule is CN=C(NCc1nc(C(F)(F)F)cs1)N1CC(=O)N(C(C)C)C(C)(C)C1.I. The van der Waals surface area contributed by atoms with Crippen LogP contribution in [0.4, 0.5) is 13.2 Å². The van der Waals surface area contributed by atoms with Gasteiger partial charge in [-0.1, -0.05) is 0 Å². The Balaban J connectivity index is 0.00000364. The van der Waals surface area contributed by atoms with Crippen molar-refractivity contribution in [1.82, 2.24) is 20.1 Å². The van der Waals surface area contributed by atoms with Crippen LogP contribution in [0, 0.1) is 0 Å². The van der Waals surface area contributed by atoms with E-state index < -0.39 is 11.9 Å². The van der Waals surface area contributed by atoms with E-state index in [0.29, 0.717) is 17.5 Å². The number of nitrogens with one attached hydrogen (secondary N) is 1. The van der Waals surface area contributed by atoms with E-state index in [1.807, 2.05) is 37.5 Å². The Morgan fingerprint density at radius 3 is 2.52 bits per heavy atom. The summed E-state index contributed by atoms with van der Waals surface area (Å²) in [6.07, 6.45) is -4.44. The maximum atomic E-state index is 12.6. The van der Waals surface area contributed by atoms with Gasteiger partial charge in [-0.05, 0) is 27.7 Å². The lowest BCUT2D eigenvalue weighted by Gasteiger charge is -2.49. The predicted molar refractivity (Wildman–Crippen MR) is 110 cm³/mol. The first kappa shape index (κ1) is 23.9. The van der Waals surface area contributed by atoms with E-state index in [-0.39, 0.29) is 54.6 Å². The molecule has 0 spiro atoms. The average molecular weight is 519 g/mol. The quantitative estimate of drug-likeness (QED) is 0.379. The van der Waals surface area contributed by atoms with Gasteiger partial charge in [-0.25, -0.2) is 4.98 Å². The number of piperazine rings is 1. The van der Waals surface area contributed by atoms with E-state index in [1.54, 1.807) is 7.05 Å². The van der Waals surface area contributed by atoms with Crippen LogP contribution in [-0.2, 0) is 17.5 Å². The highest BCUT2D eigenvalue weighted by Crippen LogP contribution is 2.30. The molecule has 27 heavy (non-hydrogen) atoms. The van der Waals surface area contributed by atoms with Crippen molar-refractivity contribution in [2.24, 2.45) is 4.99 Å². The second-order valence-corrected chi connectivity index (χ2v) is 7.99. The molecule has 154 valence electrons. The van der Waals surface area contributed by atoms with Gasteiger partial charge in [0.15, 0.2) is 11.7 Å².